The van der Waals surface area contributed by atoms with E-state index in [0.717, 1.165) is 24.9 Å². The van der Waals surface area contributed by atoms with Crippen molar-refractivity contribution in [3.8, 4) is 5.75 Å². The zero-order chi connectivity index (χ0) is 23.4. The largest absolute Gasteiger partial charge is 0.484 e. The number of likely N-dealkylation sites (tertiary alicyclic amines) is 2. The van der Waals surface area contributed by atoms with Crippen LogP contribution in [0.3, 0.4) is 0 Å². The topological polar surface area (TPSA) is 49.9 Å². The summed E-state index contributed by atoms with van der Waals surface area (Å²) in [4.78, 5) is 30.1. The fraction of sp³-hybridized carbons (Fsp3) is 0.481. The maximum absolute atomic E-state index is 13.6. The predicted octanol–water partition coefficient (Wildman–Crippen LogP) is 4.31. The number of hydrogen-bond acceptors (Lipinski definition) is 3. The van der Waals surface area contributed by atoms with Crippen molar-refractivity contribution in [1.82, 2.24) is 9.80 Å². The van der Waals surface area contributed by atoms with Gasteiger partial charge in [-0.2, -0.15) is 0 Å². The molecule has 2 heterocycles. The van der Waals surface area contributed by atoms with E-state index < -0.39 is 5.41 Å². The van der Waals surface area contributed by atoms with Crippen LogP contribution in [0.15, 0.2) is 54.6 Å². The highest BCUT2D eigenvalue weighted by Crippen LogP contribution is 2.45. The number of nitrogens with zero attached hydrogens (tertiary/aromatic N) is 2. The average Bonchev–Trinajstić information content (AvgIpc) is 3.05. The summed E-state index contributed by atoms with van der Waals surface area (Å²) in [5.41, 5.74) is 0.641. The van der Waals surface area contributed by atoms with Gasteiger partial charge in [-0.05, 0) is 61.4 Å². The number of halogens is 1. The summed E-state index contributed by atoms with van der Waals surface area (Å²) < 4.78 is 19.0. The quantitative estimate of drug-likeness (QED) is 0.629. The number of ether oxygens (including phenoxy) is 1. The van der Waals surface area contributed by atoms with Crippen LogP contribution in [0, 0.1) is 17.2 Å². The Labute approximate surface area is 195 Å². The first-order chi connectivity index (χ1) is 15.9. The van der Waals surface area contributed by atoms with Crippen LogP contribution < -0.4 is 4.74 Å². The first-order valence-electron chi connectivity index (χ1n) is 11.9. The van der Waals surface area contributed by atoms with Crippen LogP contribution in [0.25, 0.3) is 0 Å². The average molecular weight is 453 g/mol. The fourth-order valence-electron chi connectivity index (χ4n) is 5.17. The van der Waals surface area contributed by atoms with Crippen LogP contribution in [0.1, 0.15) is 38.7 Å². The molecule has 2 aliphatic heterocycles. The van der Waals surface area contributed by atoms with Crippen molar-refractivity contribution in [1.29, 1.82) is 0 Å². The van der Waals surface area contributed by atoms with Crippen molar-refractivity contribution in [3.05, 3.63) is 66.0 Å². The first kappa shape index (κ1) is 23.3. The van der Waals surface area contributed by atoms with E-state index in [1.807, 2.05) is 52.3 Å². The van der Waals surface area contributed by atoms with Gasteiger partial charge in [-0.25, -0.2) is 4.39 Å². The van der Waals surface area contributed by atoms with E-state index in [0.29, 0.717) is 37.6 Å². The molecule has 0 radical (unpaired) electrons. The smallest absolute Gasteiger partial charge is 0.260 e. The molecule has 4 rings (SSSR count). The third-order valence-corrected chi connectivity index (χ3v) is 6.91. The Morgan fingerprint density at radius 1 is 1.09 bits per heavy atom. The fourth-order valence-corrected chi connectivity index (χ4v) is 5.17. The molecule has 1 atom stereocenters. The molecule has 0 aromatic heterocycles. The molecule has 176 valence electrons. The van der Waals surface area contributed by atoms with Gasteiger partial charge < -0.3 is 14.5 Å². The maximum Gasteiger partial charge on any atom is 0.260 e. The Bertz CT molecular complexity index is 953. The van der Waals surface area contributed by atoms with Crippen LogP contribution in [-0.4, -0.2) is 53.9 Å². The third-order valence-electron chi connectivity index (χ3n) is 6.91. The lowest BCUT2D eigenvalue weighted by molar-refractivity contribution is -0.144. The number of carbonyl (C=O) groups is 2. The van der Waals surface area contributed by atoms with Gasteiger partial charge in [-0.3, -0.25) is 9.59 Å². The molecule has 1 unspecified atom stereocenters. The molecule has 5 nitrogen and oxygen atoms in total. The molecule has 0 saturated carbocycles. The monoisotopic (exact) mass is 452 g/mol. The van der Waals surface area contributed by atoms with Gasteiger partial charge in [0.1, 0.15) is 11.6 Å². The van der Waals surface area contributed by atoms with E-state index in [1.54, 1.807) is 0 Å². The van der Waals surface area contributed by atoms with Crippen molar-refractivity contribution in [2.75, 3.05) is 26.2 Å². The minimum absolute atomic E-state index is 0.0115. The van der Waals surface area contributed by atoms with E-state index >= 15 is 0 Å². The van der Waals surface area contributed by atoms with E-state index in [-0.39, 0.29) is 30.3 Å². The zero-order valence-electron chi connectivity index (χ0n) is 19.5. The molecule has 2 amide bonds. The predicted molar refractivity (Wildman–Crippen MR) is 125 cm³/mol. The Morgan fingerprint density at radius 2 is 1.76 bits per heavy atom. The Kier molecular flexibility index (Phi) is 7.01. The minimum Gasteiger partial charge on any atom is -0.484 e. The van der Waals surface area contributed by atoms with Crippen LogP contribution in [-0.2, 0) is 16.0 Å². The van der Waals surface area contributed by atoms with Crippen molar-refractivity contribution in [2.24, 2.45) is 11.3 Å². The molecular weight excluding hydrogens is 419 g/mol. The van der Waals surface area contributed by atoms with Gasteiger partial charge in [0.05, 0.1) is 5.41 Å². The molecule has 0 bridgehead atoms. The second-order valence-corrected chi connectivity index (χ2v) is 9.80. The normalized spacial score (nSPS) is 20.0. The van der Waals surface area contributed by atoms with Crippen LogP contribution in [0.4, 0.5) is 4.39 Å². The highest BCUT2D eigenvalue weighted by molar-refractivity contribution is 5.86. The lowest BCUT2D eigenvalue weighted by atomic mass is 9.75. The van der Waals surface area contributed by atoms with Crippen LogP contribution >= 0.6 is 0 Å². The summed E-state index contributed by atoms with van der Waals surface area (Å²) in [5.74, 6) is 0.983. The number of hydrogen-bond donors (Lipinski definition) is 0. The summed E-state index contributed by atoms with van der Waals surface area (Å²) in [5, 5.41) is 0. The molecule has 0 N–H and O–H groups in total. The molecular formula is C27H33FN2O3. The molecule has 2 saturated heterocycles. The van der Waals surface area contributed by atoms with Gasteiger partial charge in [0, 0.05) is 25.7 Å². The Hall–Kier alpha value is -2.89. The number of carbonyl (C=O) groups excluding carboxylic acids is 2. The van der Waals surface area contributed by atoms with E-state index in [9.17, 15) is 14.0 Å². The molecule has 2 aliphatic rings. The summed E-state index contributed by atoms with van der Waals surface area (Å²) in [6, 6.07) is 16.0. The number of rotatable bonds is 7. The maximum atomic E-state index is 13.6. The molecule has 2 aromatic carbocycles. The van der Waals surface area contributed by atoms with Crippen molar-refractivity contribution >= 4 is 11.8 Å². The zero-order valence-corrected chi connectivity index (χ0v) is 19.5. The van der Waals surface area contributed by atoms with E-state index in [2.05, 4.69) is 13.8 Å². The second kappa shape index (κ2) is 9.94. The minimum atomic E-state index is -0.406. The lowest BCUT2D eigenvalue weighted by Crippen LogP contribution is -2.48. The van der Waals surface area contributed by atoms with E-state index in [1.165, 1.54) is 12.1 Å². The standard InChI is InChI=1S/C27H33FN2O3/c1-20(2)18-30-23(16-21-8-10-22(28)11-9-21)17-27(26(30)32)12-14-29(15-13-27)25(31)19-33-24-6-4-3-5-7-24/h3-11,20,23H,12-19H2,1-2H3. The van der Waals surface area contributed by atoms with Crippen molar-refractivity contribution < 1.29 is 18.7 Å². The molecule has 2 fully saturated rings. The van der Waals surface area contributed by atoms with Gasteiger partial charge in [0.15, 0.2) is 6.61 Å². The molecule has 33 heavy (non-hydrogen) atoms. The van der Waals surface area contributed by atoms with Gasteiger partial charge >= 0.3 is 0 Å². The second-order valence-electron chi connectivity index (χ2n) is 9.80. The molecule has 2 aromatic rings. The van der Waals surface area contributed by atoms with Crippen LogP contribution in [0.2, 0.25) is 0 Å². The summed E-state index contributed by atoms with van der Waals surface area (Å²) >= 11 is 0. The molecule has 0 aliphatic carbocycles. The number of benzene rings is 2. The highest BCUT2D eigenvalue weighted by Gasteiger charge is 2.52. The van der Waals surface area contributed by atoms with Gasteiger partial charge in [-0.1, -0.05) is 44.2 Å². The number of amides is 2. The Balaban J connectivity index is 1.39. The molecule has 1 spiro atoms. The first-order valence-corrected chi connectivity index (χ1v) is 11.9. The SMILES string of the molecule is CC(C)CN1C(=O)C2(CCN(C(=O)COc3ccccc3)CC2)CC1Cc1ccc(F)cc1. The van der Waals surface area contributed by atoms with E-state index in [4.69, 9.17) is 4.74 Å². The van der Waals surface area contributed by atoms with Gasteiger partial charge in [0.25, 0.3) is 5.91 Å². The van der Waals surface area contributed by atoms with Crippen LogP contribution in [0.5, 0.6) is 5.75 Å². The lowest BCUT2D eigenvalue weighted by Gasteiger charge is -2.38. The summed E-state index contributed by atoms with van der Waals surface area (Å²) in [6.45, 7) is 6.13. The Morgan fingerprint density at radius 3 is 2.39 bits per heavy atom. The number of para-hydroxylation sites is 1. The van der Waals surface area contributed by atoms with Crippen molar-refractivity contribution in [2.45, 2.75) is 45.6 Å². The van der Waals surface area contributed by atoms with Gasteiger partial charge in [-0.15, -0.1) is 0 Å². The van der Waals surface area contributed by atoms with Crippen molar-refractivity contribution in [3.63, 3.8) is 0 Å². The molecule has 6 heteroatoms. The van der Waals surface area contributed by atoms with Gasteiger partial charge in [0.2, 0.25) is 5.91 Å². The highest BCUT2D eigenvalue weighted by atomic mass is 19.1. The number of piperidine rings is 1. The summed E-state index contributed by atoms with van der Waals surface area (Å²) in [6.07, 6.45) is 2.88. The third kappa shape index (κ3) is 5.37. The summed E-state index contributed by atoms with van der Waals surface area (Å²) in [7, 11) is 0.